The van der Waals surface area contributed by atoms with E-state index in [-0.39, 0.29) is 0 Å². The van der Waals surface area contributed by atoms with Gasteiger partial charge in [0.05, 0.1) is 0 Å². The Bertz CT molecular complexity index is 139. The first-order valence-corrected chi connectivity index (χ1v) is 5.57. The molecule has 2 heteroatoms. The summed E-state index contributed by atoms with van der Waals surface area (Å²) < 4.78 is 0. The summed E-state index contributed by atoms with van der Waals surface area (Å²) in [6.45, 7) is 7.65. The molecule has 0 bridgehead atoms. The standard InChI is InChI=1S/C11H24N2/c1-10(7-12)8-13-9-11(2)5-3-4-6-11/h10,13H,3-9,12H2,1-2H3. The second-order valence-electron chi connectivity index (χ2n) is 4.99. The topological polar surface area (TPSA) is 38.0 Å². The summed E-state index contributed by atoms with van der Waals surface area (Å²) in [5.74, 6) is 0.616. The quantitative estimate of drug-likeness (QED) is 0.683. The minimum absolute atomic E-state index is 0.578. The molecule has 1 saturated carbocycles. The summed E-state index contributed by atoms with van der Waals surface area (Å²) in [6, 6.07) is 0. The third kappa shape index (κ3) is 3.65. The molecule has 0 spiro atoms. The fraction of sp³-hybridized carbons (Fsp3) is 1.00. The largest absolute Gasteiger partial charge is 0.330 e. The highest BCUT2D eigenvalue weighted by Crippen LogP contribution is 2.36. The number of nitrogens with two attached hydrogens (primary N) is 1. The van der Waals surface area contributed by atoms with Crippen LogP contribution in [0, 0.1) is 11.3 Å². The summed E-state index contributed by atoms with van der Waals surface area (Å²) in [6.07, 6.45) is 5.64. The maximum atomic E-state index is 5.56. The number of hydrogen-bond acceptors (Lipinski definition) is 2. The Morgan fingerprint density at radius 1 is 1.38 bits per heavy atom. The van der Waals surface area contributed by atoms with Gasteiger partial charge in [0.25, 0.3) is 0 Å². The zero-order valence-electron chi connectivity index (χ0n) is 9.10. The van der Waals surface area contributed by atoms with E-state index in [1.807, 2.05) is 0 Å². The molecule has 1 unspecified atom stereocenters. The zero-order valence-corrected chi connectivity index (χ0v) is 9.10. The maximum Gasteiger partial charge on any atom is 0.000528 e. The first-order valence-electron chi connectivity index (χ1n) is 5.57. The lowest BCUT2D eigenvalue weighted by molar-refractivity contribution is 0.307. The molecule has 78 valence electrons. The van der Waals surface area contributed by atoms with Crippen molar-refractivity contribution >= 4 is 0 Å². The van der Waals surface area contributed by atoms with Crippen LogP contribution in [0.15, 0.2) is 0 Å². The summed E-state index contributed by atoms with van der Waals surface area (Å²) in [4.78, 5) is 0. The van der Waals surface area contributed by atoms with Crippen molar-refractivity contribution in [2.45, 2.75) is 39.5 Å². The molecule has 3 N–H and O–H groups in total. The van der Waals surface area contributed by atoms with Gasteiger partial charge in [-0.05, 0) is 37.3 Å². The van der Waals surface area contributed by atoms with Crippen molar-refractivity contribution in [3.8, 4) is 0 Å². The lowest BCUT2D eigenvalue weighted by Gasteiger charge is -2.24. The van der Waals surface area contributed by atoms with Crippen LogP contribution in [0.25, 0.3) is 0 Å². The van der Waals surface area contributed by atoms with Crippen molar-refractivity contribution in [2.75, 3.05) is 19.6 Å². The Morgan fingerprint density at radius 3 is 2.54 bits per heavy atom. The molecular weight excluding hydrogens is 160 g/mol. The van der Waals surface area contributed by atoms with Gasteiger partial charge in [-0.25, -0.2) is 0 Å². The fourth-order valence-electron chi connectivity index (χ4n) is 2.11. The van der Waals surface area contributed by atoms with Crippen LogP contribution in [-0.4, -0.2) is 19.6 Å². The van der Waals surface area contributed by atoms with Crippen molar-refractivity contribution in [2.24, 2.45) is 17.1 Å². The summed E-state index contributed by atoms with van der Waals surface area (Å²) in [5.41, 5.74) is 6.14. The zero-order chi connectivity index (χ0) is 9.73. The molecule has 0 aromatic rings. The molecule has 1 atom stereocenters. The summed E-state index contributed by atoms with van der Waals surface area (Å²) in [7, 11) is 0. The SMILES string of the molecule is CC(CN)CNCC1(C)CCCC1. The van der Waals surface area contributed by atoms with E-state index in [0.29, 0.717) is 11.3 Å². The van der Waals surface area contributed by atoms with Gasteiger partial charge in [0.2, 0.25) is 0 Å². The molecule has 1 rings (SSSR count). The van der Waals surface area contributed by atoms with E-state index in [1.54, 1.807) is 0 Å². The van der Waals surface area contributed by atoms with Crippen molar-refractivity contribution < 1.29 is 0 Å². The van der Waals surface area contributed by atoms with E-state index in [1.165, 1.54) is 32.2 Å². The van der Waals surface area contributed by atoms with Crippen LogP contribution in [0.5, 0.6) is 0 Å². The first kappa shape index (κ1) is 11.0. The van der Waals surface area contributed by atoms with Gasteiger partial charge in [-0.1, -0.05) is 26.7 Å². The molecule has 0 aliphatic heterocycles. The average molecular weight is 184 g/mol. The predicted molar refractivity (Wildman–Crippen MR) is 57.7 cm³/mol. The highest BCUT2D eigenvalue weighted by molar-refractivity contribution is 4.82. The van der Waals surface area contributed by atoms with E-state index < -0.39 is 0 Å². The van der Waals surface area contributed by atoms with Crippen LogP contribution in [0.3, 0.4) is 0 Å². The van der Waals surface area contributed by atoms with Gasteiger partial charge in [-0.3, -0.25) is 0 Å². The molecule has 1 aliphatic carbocycles. The number of nitrogens with one attached hydrogen (secondary N) is 1. The highest BCUT2D eigenvalue weighted by atomic mass is 14.9. The Morgan fingerprint density at radius 2 is 2.00 bits per heavy atom. The van der Waals surface area contributed by atoms with Crippen LogP contribution >= 0.6 is 0 Å². The minimum Gasteiger partial charge on any atom is -0.330 e. The molecule has 2 nitrogen and oxygen atoms in total. The van der Waals surface area contributed by atoms with Crippen molar-refractivity contribution in [3.05, 3.63) is 0 Å². The van der Waals surface area contributed by atoms with Gasteiger partial charge in [-0.2, -0.15) is 0 Å². The van der Waals surface area contributed by atoms with Crippen LogP contribution in [0.1, 0.15) is 39.5 Å². The maximum absolute atomic E-state index is 5.56. The Labute approximate surface area is 82.3 Å². The molecule has 0 amide bonds. The molecule has 0 saturated heterocycles. The van der Waals surface area contributed by atoms with E-state index in [2.05, 4.69) is 19.2 Å². The smallest absolute Gasteiger partial charge is 0.000528 e. The van der Waals surface area contributed by atoms with Crippen LogP contribution in [0.2, 0.25) is 0 Å². The molecule has 1 aliphatic rings. The number of rotatable bonds is 5. The normalized spacial score (nSPS) is 23.3. The fourth-order valence-corrected chi connectivity index (χ4v) is 2.11. The van der Waals surface area contributed by atoms with Gasteiger partial charge in [0, 0.05) is 6.54 Å². The predicted octanol–water partition coefficient (Wildman–Crippen LogP) is 1.75. The van der Waals surface area contributed by atoms with Crippen LogP contribution in [0.4, 0.5) is 0 Å². The molecule has 13 heavy (non-hydrogen) atoms. The Hall–Kier alpha value is -0.0800. The van der Waals surface area contributed by atoms with Gasteiger partial charge in [0.1, 0.15) is 0 Å². The number of hydrogen-bond donors (Lipinski definition) is 2. The van der Waals surface area contributed by atoms with Gasteiger partial charge < -0.3 is 11.1 Å². The lowest BCUT2D eigenvalue weighted by atomic mass is 9.89. The molecule has 0 radical (unpaired) electrons. The Kier molecular flexibility index (Phi) is 4.20. The second-order valence-corrected chi connectivity index (χ2v) is 4.99. The van der Waals surface area contributed by atoms with Crippen LogP contribution < -0.4 is 11.1 Å². The minimum atomic E-state index is 0.578. The first-order chi connectivity index (χ1) is 6.16. The molecule has 0 heterocycles. The van der Waals surface area contributed by atoms with Crippen molar-refractivity contribution in [3.63, 3.8) is 0 Å². The van der Waals surface area contributed by atoms with Crippen LogP contribution in [-0.2, 0) is 0 Å². The molecule has 1 fully saturated rings. The van der Waals surface area contributed by atoms with Gasteiger partial charge >= 0.3 is 0 Å². The second kappa shape index (κ2) is 4.97. The van der Waals surface area contributed by atoms with Gasteiger partial charge in [-0.15, -0.1) is 0 Å². The Balaban J connectivity index is 2.11. The average Bonchev–Trinajstić information content (AvgIpc) is 2.52. The third-order valence-electron chi connectivity index (χ3n) is 3.26. The summed E-state index contributed by atoms with van der Waals surface area (Å²) >= 11 is 0. The summed E-state index contributed by atoms with van der Waals surface area (Å²) in [5, 5.41) is 3.54. The van der Waals surface area contributed by atoms with E-state index in [9.17, 15) is 0 Å². The lowest BCUT2D eigenvalue weighted by Crippen LogP contribution is -2.34. The van der Waals surface area contributed by atoms with Gasteiger partial charge in [0.15, 0.2) is 0 Å². The van der Waals surface area contributed by atoms with E-state index >= 15 is 0 Å². The monoisotopic (exact) mass is 184 g/mol. The van der Waals surface area contributed by atoms with Crippen molar-refractivity contribution in [1.82, 2.24) is 5.32 Å². The third-order valence-corrected chi connectivity index (χ3v) is 3.26. The molecule has 0 aromatic heterocycles. The van der Waals surface area contributed by atoms with Crippen molar-refractivity contribution in [1.29, 1.82) is 0 Å². The molecule has 0 aromatic carbocycles. The highest BCUT2D eigenvalue weighted by Gasteiger charge is 2.27. The van der Waals surface area contributed by atoms with E-state index in [4.69, 9.17) is 5.73 Å². The molecular formula is C11H24N2. The van der Waals surface area contributed by atoms with E-state index in [0.717, 1.165) is 13.1 Å².